The van der Waals surface area contributed by atoms with Crippen LogP contribution >= 0.6 is 0 Å². The maximum Gasteiger partial charge on any atom is 0.313 e. The Morgan fingerprint density at radius 1 is 0.741 bits per heavy atom. The van der Waals surface area contributed by atoms with Crippen LogP contribution in [0.5, 0.6) is 0 Å². The molecule has 3 aliphatic heterocycles. The molecular formula is C41H66O13. The fourth-order valence-electron chi connectivity index (χ4n) is 14.6. The summed E-state index contributed by atoms with van der Waals surface area (Å²) < 4.78 is 31.0. The fraction of sp³-hybridized carbons (Fsp3) is 0.976. The third-order valence-electron chi connectivity index (χ3n) is 17.9. The van der Waals surface area contributed by atoms with Gasteiger partial charge in [0.1, 0.15) is 48.3 Å². The van der Waals surface area contributed by atoms with Crippen molar-refractivity contribution in [3.05, 3.63) is 0 Å². The predicted molar refractivity (Wildman–Crippen MR) is 191 cm³/mol. The number of aliphatic hydroxyl groups is 7. The predicted octanol–water partition coefficient (Wildman–Crippen LogP) is 2.17. The third-order valence-corrected chi connectivity index (χ3v) is 17.9. The molecule has 3 heterocycles. The summed E-state index contributed by atoms with van der Waals surface area (Å²) in [6, 6.07) is 0. The molecule has 0 aromatic carbocycles. The summed E-state index contributed by atoms with van der Waals surface area (Å²) in [7, 11) is 0. The zero-order chi connectivity index (χ0) is 39.2. The minimum Gasteiger partial charge on any atom is -0.455 e. The molecule has 3 saturated heterocycles. The van der Waals surface area contributed by atoms with Crippen LogP contribution in [0.1, 0.15) is 113 Å². The molecule has 13 nitrogen and oxygen atoms in total. The van der Waals surface area contributed by atoms with Crippen molar-refractivity contribution in [2.75, 3.05) is 13.2 Å². The first-order chi connectivity index (χ1) is 25.1. The Hall–Kier alpha value is -0.970. The summed E-state index contributed by atoms with van der Waals surface area (Å²) in [5, 5.41) is 75.3. The van der Waals surface area contributed by atoms with E-state index in [1.807, 2.05) is 0 Å². The minimum absolute atomic E-state index is 0.00128. The van der Waals surface area contributed by atoms with Crippen molar-refractivity contribution in [3.63, 3.8) is 0 Å². The molecule has 0 aromatic rings. The van der Waals surface area contributed by atoms with Crippen LogP contribution in [-0.2, 0) is 28.5 Å². The molecule has 0 amide bonds. The van der Waals surface area contributed by atoms with E-state index >= 15 is 0 Å². The molecule has 0 aromatic heterocycles. The van der Waals surface area contributed by atoms with Crippen LogP contribution in [-0.4, -0.2) is 128 Å². The molecule has 308 valence electrons. The quantitative estimate of drug-likeness (QED) is 0.159. The van der Waals surface area contributed by atoms with Crippen molar-refractivity contribution in [2.45, 2.75) is 186 Å². The number of esters is 1. The fourth-order valence-corrected chi connectivity index (χ4v) is 14.6. The molecule has 5 aliphatic carbocycles. The largest absolute Gasteiger partial charge is 0.455 e. The molecule has 8 rings (SSSR count). The highest BCUT2D eigenvalue weighted by atomic mass is 16.8. The van der Waals surface area contributed by atoms with Crippen LogP contribution in [0, 0.1) is 50.2 Å². The number of aliphatic hydroxyl groups excluding tert-OH is 7. The lowest BCUT2D eigenvalue weighted by Crippen LogP contribution is -2.76. The summed E-state index contributed by atoms with van der Waals surface area (Å²) >= 11 is 0. The minimum atomic E-state index is -1.71. The number of rotatable bonds is 5. The second kappa shape index (κ2) is 12.8. The number of fused-ring (bicyclic) bond motifs is 4. The molecule has 5 saturated carbocycles. The van der Waals surface area contributed by atoms with Crippen LogP contribution in [0.15, 0.2) is 0 Å². The number of ether oxygens (including phenoxy) is 5. The Kier molecular flexibility index (Phi) is 9.42. The van der Waals surface area contributed by atoms with Gasteiger partial charge in [-0.2, -0.15) is 0 Å². The molecule has 54 heavy (non-hydrogen) atoms. The van der Waals surface area contributed by atoms with E-state index in [9.17, 15) is 40.5 Å². The van der Waals surface area contributed by atoms with Crippen molar-refractivity contribution in [1.29, 1.82) is 0 Å². The second-order valence-corrected chi connectivity index (χ2v) is 21.0. The van der Waals surface area contributed by atoms with Crippen molar-refractivity contribution in [3.8, 4) is 0 Å². The molecule has 0 unspecified atom stereocenters. The SMILES string of the molecule is CC1(C)CC[C@@]23CC[C@]4(C)[C@@](OC2=O)([C@@H]3C1)[C@@H](O)C[C@@H]1[C@@]2(C)CC[C@H](O[C@@H]3OC[C@@H](O)[C@H](O)[C@H]3O[C@@H]3O[C@H](CO)[C@@H](O)[C@H](O)[C@H]3O)C(C)(C)[C@@H]2CC[C@]14C. The first-order valence-corrected chi connectivity index (χ1v) is 20.6. The maximum absolute atomic E-state index is 14.0. The lowest BCUT2D eigenvalue weighted by Gasteiger charge is -2.74. The highest BCUT2D eigenvalue weighted by Gasteiger charge is 2.83. The average molecular weight is 767 g/mol. The summed E-state index contributed by atoms with van der Waals surface area (Å²) in [5.74, 6) is 0.283. The normalized spacial score (nSPS) is 57.6. The molecule has 8 fully saturated rings. The Balaban J connectivity index is 1.05. The summed E-state index contributed by atoms with van der Waals surface area (Å²) in [6.45, 7) is 15.3. The molecular weight excluding hydrogens is 700 g/mol. The zero-order valence-electron chi connectivity index (χ0n) is 33.1. The Morgan fingerprint density at radius 3 is 2.15 bits per heavy atom. The molecule has 1 spiro atoms. The van der Waals surface area contributed by atoms with E-state index in [2.05, 4.69) is 48.5 Å². The van der Waals surface area contributed by atoms with Gasteiger partial charge < -0.3 is 59.4 Å². The van der Waals surface area contributed by atoms with Gasteiger partial charge in [0.25, 0.3) is 0 Å². The average Bonchev–Trinajstić information content (AvgIpc) is 3.29. The van der Waals surface area contributed by atoms with Gasteiger partial charge in [0.05, 0.1) is 30.8 Å². The van der Waals surface area contributed by atoms with Gasteiger partial charge in [0.2, 0.25) is 0 Å². The van der Waals surface area contributed by atoms with E-state index in [4.69, 9.17) is 23.7 Å². The van der Waals surface area contributed by atoms with E-state index in [0.717, 1.165) is 51.4 Å². The summed E-state index contributed by atoms with van der Waals surface area (Å²) in [4.78, 5) is 14.0. The van der Waals surface area contributed by atoms with Gasteiger partial charge in [-0.05, 0) is 97.7 Å². The number of carbonyl (C=O) groups is 1. The van der Waals surface area contributed by atoms with Crippen LogP contribution in [0.25, 0.3) is 0 Å². The maximum atomic E-state index is 14.0. The first-order valence-electron chi connectivity index (χ1n) is 20.6. The van der Waals surface area contributed by atoms with Crippen LogP contribution in [0.3, 0.4) is 0 Å². The summed E-state index contributed by atoms with van der Waals surface area (Å²) in [6.07, 6.45) is -5.84. The van der Waals surface area contributed by atoms with Crippen molar-refractivity contribution in [2.24, 2.45) is 50.2 Å². The van der Waals surface area contributed by atoms with Gasteiger partial charge in [-0.3, -0.25) is 4.79 Å². The molecule has 19 atom stereocenters. The van der Waals surface area contributed by atoms with E-state index in [1.54, 1.807) is 0 Å². The topological polar surface area (TPSA) is 205 Å². The van der Waals surface area contributed by atoms with Crippen LogP contribution < -0.4 is 0 Å². The van der Waals surface area contributed by atoms with E-state index in [1.165, 1.54) is 0 Å². The van der Waals surface area contributed by atoms with Gasteiger partial charge in [-0.15, -0.1) is 0 Å². The molecule has 7 N–H and O–H groups in total. The number of hydrogen-bond acceptors (Lipinski definition) is 13. The van der Waals surface area contributed by atoms with Gasteiger partial charge in [0, 0.05) is 11.3 Å². The lowest BCUT2D eigenvalue weighted by molar-refractivity contribution is -0.368. The van der Waals surface area contributed by atoms with E-state index in [0.29, 0.717) is 12.8 Å². The monoisotopic (exact) mass is 766 g/mol. The zero-order valence-corrected chi connectivity index (χ0v) is 33.1. The Labute approximate surface area is 319 Å². The lowest BCUT2D eigenvalue weighted by atomic mass is 9.30. The van der Waals surface area contributed by atoms with Crippen LogP contribution in [0.4, 0.5) is 0 Å². The van der Waals surface area contributed by atoms with Gasteiger partial charge in [-0.1, -0.05) is 48.5 Å². The number of hydrogen-bond donors (Lipinski definition) is 7. The standard InChI is InChI=1S/C41H66O13/c1-35(2)12-14-40-15-13-39(7)38(6)11-8-22-36(3,4)26(9-10-37(22,5)23(38)16-25(44)41(39,24(40)17-35)54-34(40)49)52-33-31(27(45)20(43)19-50-33)53-32-30(48)29(47)28(46)21(18-42)51-32/h20-33,42-48H,8-19H2,1-7H3/t20-,21-,22+,23-,24-,25+,26+,27+,28-,29+,30-,31-,32+,33+,37+,38-,39+,40+,41-/m1/s1. The second-order valence-electron chi connectivity index (χ2n) is 21.0. The number of carbonyl (C=O) groups excluding carboxylic acids is 1. The van der Waals surface area contributed by atoms with Crippen molar-refractivity contribution < 1.29 is 64.2 Å². The highest BCUT2D eigenvalue weighted by molar-refractivity contribution is 5.82. The van der Waals surface area contributed by atoms with Crippen molar-refractivity contribution in [1.82, 2.24) is 0 Å². The smallest absolute Gasteiger partial charge is 0.313 e. The highest BCUT2D eigenvalue weighted by Crippen LogP contribution is 2.80. The van der Waals surface area contributed by atoms with Gasteiger partial charge in [0.15, 0.2) is 12.6 Å². The van der Waals surface area contributed by atoms with Crippen molar-refractivity contribution >= 4 is 5.97 Å². The molecule has 13 heteroatoms. The van der Waals surface area contributed by atoms with Gasteiger partial charge >= 0.3 is 5.97 Å². The van der Waals surface area contributed by atoms with Gasteiger partial charge in [-0.25, -0.2) is 0 Å². The first kappa shape index (κ1) is 39.8. The van der Waals surface area contributed by atoms with Crippen LogP contribution in [0.2, 0.25) is 0 Å². The Bertz CT molecular complexity index is 1470. The van der Waals surface area contributed by atoms with E-state index < -0.39 is 89.9 Å². The molecule has 2 bridgehead atoms. The van der Waals surface area contributed by atoms with E-state index in [-0.39, 0.29) is 52.7 Å². The Morgan fingerprint density at radius 2 is 1.44 bits per heavy atom. The molecule has 8 aliphatic rings. The third kappa shape index (κ3) is 5.11. The molecule has 0 radical (unpaired) electrons. The summed E-state index contributed by atoms with van der Waals surface area (Å²) in [5.41, 5.74) is -2.47.